The third-order valence-electron chi connectivity index (χ3n) is 7.79. The lowest BCUT2D eigenvalue weighted by molar-refractivity contribution is 1.13. The van der Waals surface area contributed by atoms with E-state index in [0.29, 0.717) is 0 Å². The van der Waals surface area contributed by atoms with Crippen LogP contribution in [0.5, 0.6) is 0 Å². The van der Waals surface area contributed by atoms with Crippen molar-refractivity contribution in [1.82, 2.24) is 9.55 Å². The van der Waals surface area contributed by atoms with Gasteiger partial charge in [0.15, 0.2) is 5.82 Å². The van der Waals surface area contributed by atoms with Gasteiger partial charge in [-0.1, -0.05) is 79.4 Å². The van der Waals surface area contributed by atoms with E-state index in [0.717, 1.165) is 34.0 Å². The molecule has 0 N–H and O–H groups in total. The molecule has 0 spiro atoms. The standard InChI is InChI=1S/C36H25N3S/c1-24-11-3-2-4-12-25-13-5-8-16-31(25)38(24)36-35-29(21-22-37-36)30-23-26(19-20-34(30)40-35)39-32-17-9-6-14-27(32)28-15-7-10-18-33(28)39/h2-11,13-23H,1,12H2. The van der Waals surface area contributed by atoms with Crippen LogP contribution >= 0.6 is 11.3 Å². The Hall–Kier alpha value is -4.93. The van der Waals surface area contributed by atoms with Crippen LogP contribution in [-0.4, -0.2) is 9.55 Å². The van der Waals surface area contributed by atoms with Gasteiger partial charge >= 0.3 is 0 Å². The first-order chi connectivity index (χ1) is 19.8. The number of hydrogen-bond donors (Lipinski definition) is 0. The molecule has 0 aliphatic carbocycles. The van der Waals surface area contributed by atoms with Gasteiger partial charge < -0.3 is 4.57 Å². The number of benzene rings is 4. The monoisotopic (exact) mass is 531 g/mol. The van der Waals surface area contributed by atoms with Crippen molar-refractivity contribution >= 4 is 64.8 Å². The number of para-hydroxylation sites is 3. The number of hydrogen-bond acceptors (Lipinski definition) is 3. The molecule has 0 bridgehead atoms. The number of anilines is 2. The third kappa shape index (κ3) is 3.47. The Bertz CT molecular complexity index is 2120. The van der Waals surface area contributed by atoms with Gasteiger partial charge in [-0.3, -0.25) is 4.90 Å². The number of allylic oxidation sites excluding steroid dienone is 4. The van der Waals surface area contributed by atoms with Crippen molar-refractivity contribution in [1.29, 1.82) is 0 Å². The molecule has 3 nitrogen and oxygen atoms in total. The minimum absolute atomic E-state index is 0.856. The van der Waals surface area contributed by atoms with Crippen LogP contribution in [0.25, 0.3) is 47.7 Å². The summed E-state index contributed by atoms with van der Waals surface area (Å²) in [5.74, 6) is 0.918. The van der Waals surface area contributed by atoms with E-state index in [1.54, 1.807) is 11.3 Å². The molecule has 1 aliphatic heterocycles. The van der Waals surface area contributed by atoms with Crippen LogP contribution in [0.2, 0.25) is 0 Å². The summed E-state index contributed by atoms with van der Waals surface area (Å²) in [5, 5.41) is 4.99. The number of fused-ring (bicyclic) bond motifs is 7. The predicted molar refractivity (Wildman–Crippen MR) is 171 cm³/mol. The molecule has 0 saturated heterocycles. The Morgan fingerprint density at radius 3 is 2.30 bits per heavy atom. The number of pyridine rings is 1. The van der Waals surface area contributed by atoms with Gasteiger partial charge in [-0.05, 0) is 60.5 Å². The second-order valence-electron chi connectivity index (χ2n) is 10.1. The second-order valence-corrected chi connectivity index (χ2v) is 11.2. The summed E-state index contributed by atoms with van der Waals surface area (Å²) in [6.45, 7) is 4.45. The molecule has 3 aromatic heterocycles. The fourth-order valence-electron chi connectivity index (χ4n) is 6.00. The highest BCUT2D eigenvalue weighted by Crippen LogP contribution is 2.44. The number of rotatable bonds is 2. The molecule has 0 saturated carbocycles. The summed E-state index contributed by atoms with van der Waals surface area (Å²) in [4.78, 5) is 7.16. The maximum atomic E-state index is 4.95. The minimum Gasteiger partial charge on any atom is -0.309 e. The summed E-state index contributed by atoms with van der Waals surface area (Å²) in [6.07, 6.45) is 11.2. The fourth-order valence-corrected chi connectivity index (χ4v) is 7.16. The Labute approximate surface area is 236 Å². The molecular weight excluding hydrogens is 506 g/mol. The van der Waals surface area contributed by atoms with E-state index in [9.17, 15) is 0 Å². The molecule has 1 aliphatic rings. The van der Waals surface area contributed by atoms with E-state index in [4.69, 9.17) is 4.98 Å². The lowest BCUT2D eigenvalue weighted by Crippen LogP contribution is -2.17. The lowest BCUT2D eigenvalue weighted by Gasteiger charge is -2.26. The normalized spacial score (nSPS) is 13.7. The number of aromatic nitrogens is 2. The molecule has 7 aromatic rings. The van der Waals surface area contributed by atoms with Crippen LogP contribution in [0.15, 0.2) is 140 Å². The van der Waals surface area contributed by atoms with Crippen molar-refractivity contribution in [2.45, 2.75) is 6.42 Å². The van der Waals surface area contributed by atoms with E-state index in [-0.39, 0.29) is 0 Å². The molecule has 0 radical (unpaired) electrons. The first-order valence-electron chi connectivity index (χ1n) is 13.5. The quantitative estimate of drug-likeness (QED) is 0.221. The zero-order chi connectivity index (χ0) is 26.6. The Balaban J connectivity index is 1.36. The average molecular weight is 532 g/mol. The molecular formula is C36H25N3S. The van der Waals surface area contributed by atoms with Crippen molar-refractivity contribution in [3.63, 3.8) is 0 Å². The highest BCUT2D eigenvalue weighted by atomic mass is 32.1. The van der Waals surface area contributed by atoms with Crippen molar-refractivity contribution in [2.75, 3.05) is 4.90 Å². The molecule has 0 amide bonds. The zero-order valence-electron chi connectivity index (χ0n) is 21.8. The van der Waals surface area contributed by atoms with Crippen molar-refractivity contribution in [3.8, 4) is 5.69 Å². The van der Waals surface area contributed by atoms with Crippen molar-refractivity contribution in [2.24, 2.45) is 0 Å². The molecule has 0 unspecified atom stereocenters. The summed E-state index contributed by atoms with van der Waals surface area (Å²) in [5.41, 5.74) is 6.85. The van der Waals surface area contributed by atoms with Crippen molar-refractivity contribution < 1.29 is 0 Å². The van der Waals surface area contributed by atoms with Gasteiger partial charge in [0.2, 0.25) is 0 Å². The van der Waals surface area contributed by atoms with Gasteiger partial charge in [0.25, 0.3) is 0 Å². The summed E-state index contributed by atoms with van der Waals surface area (Å²) < 4.78 is 4.79. The maximum Gasteiger partial charge on any atom is 0.155 e. The average Bonchev–Trinajstić information content (AvgIpc) is 3.55. The molecule has 4 aromatic carbocycles. The minimum atomic E-state index is 0.856. The van der Waals surface area contributed by atoms with Gasteiger partial charge in [-0.25, -0.2) is 4.98 Å². The van der Waals surface area contributed by atoms with Crippen LogP contribution in [-0.2, 0) is 6.42 Å². The van der Waals surface area contributed by atoms with E-state index in [2.05, 4.69) is 137 Å². The lowest BCUT2D eigenvalue weighted by atomic mass is 10.1. The molecule has 4 heterocycles. The van der Waals surface area contributed by atoms with E-state index >= 15 is 0 Å². The Morgan fingerprint density at radius 1 is 0.725 bits per heavy atom. The summed E-state index contributed by atoms with van der Waals surface area (Å²) in [6, 6.07) is 34.9. The first-order valence-corrected chi connectivity index (χ1v) is 14.3. The molecule has 8 rings (SSSR count). The van der Waals surface area contributed by atoms with Crippen LogP contribution in [0.4, 0.5) is 11.5 Å². The molecule has 0 fully saturated rings. The van der Waals surface area contributed by atoms with Crippen LogP contribution < -0.4 is 4.90 Å². The Morgan fingerprint density at radius 2 is 1.48 bits per heavy atom. The number of thiophene rings is 1. The smallest absolute Gasteiger partial charge is 0.155 e. The van der Waals surface area contributed by atoms with Gasteiger partial charge in [0.1, 0.15) is 0 Å². The van der Waals surface area contributed by atoms with Gasteiger partial charge in [-0.15, -0.1) is 11.3 Å². The third-order valence-corrected chi connectivity index (χ3v) is 8.98. The highest BCUT2D eigenvalue weighted by Gasteiger charge is 2.21. The SMILES string of the molecule is C=C1C=CC=CCc2ccccc2N1c1nccc2c1sc1ccc(-n3c4ccccc4c4ccccc43)cc12. The van der Waals surface area contributed by atoms with E-state index in [1.807, 2.05) is 6.20 Å². The van der Waals surface area contributed by atoms with Crippen LogP contribution in [0, 0.1) is 0 Å². The molecule has 40 heavy (non-hydrogen) atoms. The zero-order valence-corrected chi connectivity index (χ0v) is 22.6. The van der Waals surface area contributed by atoms with Gasteiger partial charge in [-0.2, -0.15) is 0 Å². The van der Waals surface area contributed by atoms with Crippen LogP contribution in [0.1, 0.15) is 5.56 Å². The highest BCUT2D eigenvalue weighted by molar-refractivity contribution is 7.26. The fraction of sp³-hybridized carbons (Fsp3) is 0.0278. The maximum absolute atomic E-state index is 4.95. The molecule has 190 valence electrons. The molecule has 4 heteroatoms. The summed E-state index contributed by atoms with van der Waals surface area (Å²) in [7, 11) is 0. The number of nitrogens with zero attached hydrogens (tertiary/aromatic N) is 3. The molecule has 0 atom stereocenters. The predicted octanol–water partition coefficient (Wildman–Crippen LogP) is 9.87. The first kappa shape index (κ1) is 23.0. The largest absolute Gasteiger partial charge is 0.309 e. The van der Waals surface area contributed by atoms with Crippen LogP contribution in [0.3, 0.4) is 0 Å². The Kier molecular flexibility index (Phi) is 5.22. The topological polar surface area (TPSA) is 21.1 Å². The second kappa shape index (κ2) is 9.08. The van der Waals surface area contributed by atoms with Gasteiger partial charge in [0, 0.05) is 43.8 Å². The summed E-state index contributed by atoms with van der Waals surface area (Å²) >= 11 is 1.79. The van der Waals surface area contributed by atoms with E-state index in [1.165, 1.54) is 42.8 Å². The van der Waals surface area contributed by atoms with Gasteiger partial charge in [0.05, 0.1) is 21.4 Å². The van der Waals surface area contributed by atoms with Crippen molar-refractivity contribution in [3.05, 3.63) is 145 Å². The van der Waals surface area contributed by atoms with E-state index < -0.39 is 0 Å².